The van der Waals surface area contributed by atoms with Crippen molar-refractivity contribution in [3.05, 3.63) is 34.9 Å². The summed E-state index contributed by atoms with van der Waals surface area (Å²) in [4.78, 5) is 12.1. The van der Waals surface area contributed by atoms with E-state index in [4.69, 9.17) is 10.9 Å². The van der Waals surface area contributed by atoms with Gasteiger partial charge in [-0.25, -0.2) is 0 Å². The smallest absolute Gasteiger partial charge is 0.251 e. The lowest BCUT2D eigenvalue weighted by molar-refractivity contribution is 0.0943. The molecule has 19 heavy (non-hydrogen) atoms. The van der Waals surface area contributed by atoms with E-state index in [1.807, 2.05) is 26.0 Å². The van der Waals surface area contributed by atoms with E-state index in [1.54, 1.807) is 19.9 Å². The topological polar surface area (TPSA) is 87.7 Å². The van der Waals surface area contributed by atoms with Crippen LogP contribution in [0.2, 0.25) is 0 Å². The zero-order valence-corrected chi connectivity index (χ0v) is 11.8. The predicted molar refractivity (Wildman–Crippen MR) is 75.4 cm³/mol. The van der Waals surface area contributed by atoms with Gasteiger partial charge in [-0.1, -0.05) is 31.1 Å². The molecule has 0 fully saturated rings. The summed E-state index contributed by atoms with van der Waals surface area (Å²) in [5.74, 6) is -0.0613. The van der Waals surface area contributed by atoms with Gasteiger partial charge < -0.3 is 16.3 Å². The van der Waals surface area contributed by atoms with Gasteiger partial charge in [-0.2, -0.15) is 0 Å². The minimum absolute atomic E-state index is 0.0914. The SMILES string of the molecule is Cc1cccc(C(=O)NCC(C)(C)/C(N)=N/O)c1C. The third-order valence-electron chi connectivity index (χ3n) is 3.34. The van der Waals surface area contributed by atoms with Crippen LogP contribution < -0.4 is 11.1 Å². The fourth-order valence-electron chi connectivity index (χ4n) is 1.62. The fourth-order valence-corrected chi connectivity index (χ4v) is 1.62. The normalized spacial score (nSPS) is 12.3. The number of aryl methyl sites for hydroxylation is 1. The van der Waals surface area contributed by atoms with Crippen LogP contribution in [-0.2, 0) is 0 Å². The zero-order chi connectivity index (χ0) is 14.6. The molecule has 5 nitrogen and oxygen atoms in total. The van der Waals surface area contributed by atoms with E-state index in [-0.39, 0.29) is 11.7 Å². The first kappa shape index (κ1) is 15.0. The molecule has 0 heterocycles. The van der Waals surface area contributed by atoms with Gasteiger partial charge in [0.1, 0.15) is 5.84 Å². The van der Waals surface area contributed by atoms with Gasteiger partial charge in [0.05, 0.1) is 0 Å². The number of hydrogen-bond donors (Lipinski definition) is 3. The number of oxime groups is 1. The Labute approximate surface area is 113 Å². The van der Waals surface area contributed by atoms with E-state index in [2.05, 4.69) is 10.5 Å². The van der Waals surface area contributed by atoms with Crippen molar-refractivity contribution in [2.75, 3.05) is 6.54 Å². The maximum atomic E-state index is 12.1. The highest BCUT2D eigenvalue weighted by Crippen LogP contribution is 2.15. The van der Waals surface area contributed by atoms with E-state index in [1.165, 1.54) is 0 Å². The van der Waals surface area contributed by atoms with Gasteiger partial charge in [0.2, 0.25) is 0 Å². The number of nitrogens with two attached hydrogens (primary N) is 1. The van der Waals surface area contributed by atoms with E-state index in [0.29, 0.717) is 12.1 Å². The van der Waals surface area contributed by atoms with Crippen LogP contribution in [-0.4, -0.2) is 23.5 Å². The van der Waals surface area contributed by atoms with Crippen LogP contribution in [0.4, 0.5) is 0 Å². The molecule has 0 aromatic heterocycles. The van der Waals surface area contributed by atoms with Gasteiger partial charge in [-0.15, -0.1) is 0 Å². The number of nitrogens with zero attached hydrogens (tertiary/aromatic N) is 1. The lowest BCUT2D eigenvalue weighted by atomic mass is 9.92. The van der Waals surface area contributed by atoms with E-state index >= 15 is 0 Å². The summed E-state index contributed by atoms with van der Waals surface area (Å²) < 4.78 is 0. The van der Waals surface area contributed by atoms with Gasteiger partial charge >= 0.3 is 0 Å². The third kappa shape index (κ3) is 3.47. The summed E-state index contributed by atoms with van der Waals surface area (Å²) in [6.07, 6.45) is 0. The average molecular weight is 263 g/mol. The second-order valence-electron chi connectivity index (χ2n) is 5.30. The Morgan fingerprint density at radius 1 is 1.42 bits per heavy atom. The lowest BCUT2D eigenvalue weighted by Gasteiger charge is -2.23. The molecule has 0 unspecified atom stereocenters. The lowest BCUT2D eigenvalue weighted by Crippen LogP contribution is -2.42. The minimum atomic E-state index is -0.595. The van der Waals surface area contributed by atoms with E-state index in [0.717, 1.165) is 11.1 Å². The molecular weight excluding hydrogens is 242 g/mol. The van der Waals surface area contributed by atoms with Crippen molar-refractivity contribution in [2.45, 2.75) is 27.7 Å². The molecule has 1 rings (SSSR count). The van der Waals surface area contributed by atoms with Crippen LogP contribution in [0, 0.1) is 19.3 Å². The Hall–Kier alpha value is -2.04. The number of carbonyl (C=O) groups is 1. The number of hydrogen-bond acceptors (Lipinski definition) is 3. The van der Waals surface area contributed by atoms with Crippen LogP contribution >= 0.6 is 0 Å². The maximum absolute atomic E-state index is 12.1. The molecule has 1 aromatic carbocycles. The van der Waals surface area contributed by atoms with Crippen molar-refractivity contribution in [3.63, 3.8) is 0 Å². The molecule has 0 bridgehead atoms. The molecule has 0 aliphatic carbocycles. The van der Waals surface area contributed by atoms with Gasteiger partial charge in [0, 0.05) is 17.5 Å². The first-order valence-corrected chi connectivity index (χ1v) is 6.12. The highest BCUT2D eigenvalue weighted by Gasteiger charge is 2.24. The number of amidine groups is 1. The van der Waals surface area contributed by atoms with Crippen molar-refractivity contribution < 1.29 is 10.0 Å². The first-order valence-electron chi connectivity index (χ1n) is 6.12. The van der Waals surface area contributed by atoms with E-state index in [9.17, 15) is 4.79 Å². The molecule has 0 aliphatic rings. The zero-order valence-electron chi connectivity index (χ0n) is 11.8. The molecule has 0 radical (unpaired) electrons. The van der Waals surface area contributed by atoms with Crippen molar-refractivity contribution in [1.82, 2.24) is 5.32 Å². The molecule has 1 amide bonds. The molecule has 0 saturated heterocycles. The van der Waals surface area contributed by atoms with Crippen molar-refractivity contribution in [2.24, 2.45) is 16.3 Å². The second-order valence-corrected chi connectivity index (χ2v) is 5.30. The van der Waals surface area contributed by atoms with Gasteiger partial charge in [0.15, 0.2) is 0 Å². The summed E-state index contributed by atoms with van der Waals surface area (Å²) >= 11 is 0. The van der Waals surface area contributed by atoms with Crippen LogP contribution in [0.15, 0.2) is 23.4 Å². The number of amides is 1. The summed E-state index contributed by atoms with van der Waals surface area (Å²) in [7, 11) is 0. The maximum Gasteiger partial charge on any atom is 0.251 e. The standard InChI is InChI=1S/C14H21N3O2/c1-9-6-5-7-11(10(9)2)12(18)16-8-14(3,4)13(15)17-19/h5-7,19H,8H2,1-4H3,(H2,15,17)(H,16,18). The largest absolute Gasteiger partial charge is 0.409 e. The van der Waals surface area contributed by atoms with E-state index < -0.39 is 5.41 Å². The number of benzene rings is 1. The molecule has 5 heteroatoms. The second kappa shape index (κ2) is 5.73. The van der Waals surface area contributed by atoms with Crippen molar-refractivity contribution >= 4 is 11.7 Å². The summed E-state index contributed by atoms with van der Waals surface area (Å²) in [5, 5.41) is 14.5. The highest BCUT2D eigenvalue weighted by atomic mass is 16.4. The Bertz CT molecular complexity index is 507. The van der Waals surface area contributed by atoms with Crippen molar-refractivity contribution in [1.29, 1.82) is 0 Å². The number of carbonyl (C=O) groups excluding carboxylic acids is 1. The van der Waals surface area contributed by atoms with Crippen LogP contribution in [0.5, 0.6) is 0 Å². The monoisotopic (exact) mass is 263 g/mol. The van der Waals surface area contributed by atoms with Gasteiger partial charge in [-0.05, 0) is 31.0 Å². The Kier molecular flexibility index (Phi) is 4.53. The molecular formula is C14H21N3O2. The quantitative estimate of drug-likeness (QED) is 0.335. The molecule has 0 aliphatic heterocycles. The first-order chi connectivity index (χ1) is 8.79. The van der Waals surface area contributed by atoms with Gasteiger partial charge in [0.25, 0.3) is 5.91 Å². The molecule has 1 aromatic rings. The van der Waals surface area contributed by atoms with Crippen LogP contribution in [0.3, 0.4) is 0 Å². The van der Waals surface area contributed by atoms with Crippen LogP contribution in [0.25, 0.3) is 0 Å². The summed E-state index contributed by atoms with van der Waals surface area (Å²) in [6.45, 7) is 7.78. The summed E-state index contributed by atoms with van der Waals surface area (Å²) in [6, 6.07) is 5.60. The van der Waals surface area contributed by atoms with Crippen molar-refractivity contribution in [3.8, 4) is 0 Å². The van der Waals surface area contributed by atoms with Gasteiger partial charge in [-0.3, -0.25) is 4.79 Å². The predicted octanol–water partition coefficient (Wildman–Crippen LogP) is 1.81. The molecule has 0 saturated carbocycles. The summed E-state index contributed by atoms with van der Waals surface area (Å²) in [5.41, 5.74) is 7.66. The fraction of sp³-hybridized carbons (Fsp3) is 0.429. The molecule has 4 N–H and O–H groups in total. The Balaban J connectivity index is 2.79. The van der Waals surface area contributed by atoms with Crippen LogP contribution in [0.1, 0.15) is 35.3 Å². The third-order valence-corrected chi connectivity index (χ3v) is 3.34. The Morgan fingerprint density at radius 3 is 2.63 bits per heavy atom. The molecule has 104 valence electrons. The minimum Gasteiger partial charge on any atom is -0.409 e. The number of rotatable bonds is 4. The average Bonchev–Trinajstić information content (AvgIpc) is 2.38. The Morgan fingerprint density at radius 2 is 2.05 bits per heavy atom. The number of nitrogens with one attached hydrogen (secondary N) is 1. The molecule has 0 spiro atoms. The molecule has 0 atom stereocenters. The highest BCUT2D eigenvalue weighted by molar-refractivity contribution is 5.96.